The average molecular weight is 218 g/mol. The van der Waals surface area contributed by atoms with E-state index in [2.05, 4.69) is 13.8 Å². The molecule has 3 heteroatoms. The van der Waals surface area contributed by atoms with Gasteiger partial charge in [0.15, 0.2) is 11.1 Å². The first-order valence-electron chi connectivity index (χ1n) is 5.48. The van der Waals surface area contributed by atoms with E-state index in [9.17, 15) is 4.21 Å². The summed E-state index contributed by atoms with van der Waals surface area (Å²) in [6, 6.07) is 0. The first-order valence-corrected chi connectivity index (χ1v) is 6.62. The van der Waals surface area contributed by atoms with E-state index in [0.717, 1.165) is 12.8 Å². The van der Waals surface area contributed by atoms with Gasteiger partial charge >= 0.3 is 0 Å². The maximum absolute atomic E-state index is 11.5. The van der Waals surface area contributed by atoms with E-state index in [-0.39, 0.29) is 11.4 Å². The molecular weight excluding hydrogens is 196 g/mol. The van der Waals surface area contributed by atoms with Crippen LogP contribution in [-0.4, -0.2) is 15.6 Å². The predicted molar refractivity (Wildman–Crippen MR) is 60.4 cm³/mol. The standard InChI is InChI=1S/C11H22O2S/c1-9(2)14(12)13-10-6-5-7-11(3,4)8-10/h9-10H,5-8H2,1-4H3. The van der Waals surface area contributed by atoms with Gasteiger partial charge in [0.05, 0.1) is 11.4 Å². The summed E-state index contributed by atoms with van der Waals surface area (Å²) in [6.07, 6.45) is 4.79. The Balaban J connectivity index is 2.42. The third kappa shape index (κ3) is 3.70. The van der Waals surface area contributed by atoms with Crippen molar-refractivity contribution in [2.75, 3.05) is 0 Å². The second kappa shape index (κ2) is 4.75. The average Bonchev–Trinajstić information content (AvgIpc) is 2.01. The van der Waals surface area contributed by atoms with Crippen molar-refractivity contribution < 1.29 is 8.39 Å². The number of rotatable bonds is 3. The van der Waals surface area contributed by atoms with Crippen LogP contribution in [0, 0.1) is 5.41 Å². The molecule has 2 atom stereocenters. The molecule has 2 unspecified atom stereocenters. The van der Waals surface area contributed by atoms with Crippen LogP contribution in [0.3, 0.4) is 0 Å². The summed E-state index contributed by atoms with van der Waals surface area (Å²) in [5, 5.41) is 0.111. The first kappa shape index (κ1) is 12.2. The Hall–Kier alpha value is 0.110. The maximum Gasteiger partial charge on any atom is 0.158 e. The summed E-state index contributed by atoms with van der Waals surface area (Å²) in [5.41, 5.74) is 0.365. The van der Waals surface area contributed by atoms with Gasteiger partial charge in [0.2, 0.25) is 0 Å². The SMILES string of the molecule is CC(C)S(=O)OC1CCCC(C)(C)C1. The summed E-state index contributed by atoms with van der Waals surface area (Å²) in [5.74, 6) is 0. The summed E-state index contributed by atoms with van der Waals surface area (Å²) in [6.45, 7) is 8.40. The molecule has 1 rings (SSSR count). The molecule has 0 aromatic heterocycles. The van der Waals surface area contributed by atoms with Crippen LogP contribution in [0.5, 0.6) is 0 Å². The van der Waals surface area contributed by atoms with Crippen molar-refractivity contribution in [3.05, 3.63) is 0 Å². The van der Waals surface area contributed by atoms with Crippen LogP contribution in [0.25, 0.3) is 0 Å². The molecule has 0 aromatic rings. The lowest BCUT2D eigenvalue weighted by Crippen LogP contribution is -2.30. The molecule has 0 N–H and O–H groups in total. The van der Waals surface area contributed by atoms with Crippen molar-refractivity contribution in [3.8, 4) is 0 Å². The molecule has 0 bridgehead atoms. The Kier molecular flexibility index (Phi) is 4.14. The third-order valence-electron chi connectivity index (χ3n) is 2.78. The van der Waals surface area contributed by atoms with Crippen LogP contribution in [0.1, 0.15) is 53.4 Å². The minimum absolute atomic E-state index is 0.111. The van der Waals surface area contributed by atoms with E-state index in [1.165, 1.54) is 12.8 Å². The van der Waals surface area contributed by atoms with Crippen LogP contribution >= 0.6 is 0 Å². The number of hydrogen-bond donors (Lipinski definition) is 0. The Morgan fingerprint density at radius 3 is 2.57 bits per heavy atom. The molecule has 0 heterocycles. The summed E-state index contributed by atoms with van der Waals surface area (Å²) < 4.78 is 17.1. The topological polar surface area (TPSA) is 26.3 Å². The lowest BCUT2D eigenvalue weighted by Gasteiger charge is -2.34. The lowest BCUT2D eigenvalue weighted by molar-refractivity contribution is 0.0958. The summed E-state index contributed by atoms with van der Waals surface area (Å²) in [7, 11) is 0. The molecule has 1 fully saturated rings. The van der Waals surface area contributed by atoms with Crippen LogP contribution in [-0.2, 0) is 15.3 Å². The van der Waals surface area contributed by atoms with Crippen molar-refractivity contribution >= 4 is 11.1 Å². The van der Waals surface area contributed by atoms with Crippen molar-refractivity contribution in [1.82, 2.24) is 0 Å². The van der Waals surface area contributed by atoms with Gasteiger partial charge in [0.1, 0.15) is 0 Å². The van der Waals surface area contributed by atoms with E-state index in [0.29, 0.717) is 5.41 Å². The van der Waals surface area contributed by atoms with Crippen molar-refractivity contribution in [3.63, 3.8) is 0 Å². The van der Waals surface area contributed by atoms with Gasteiger partial charge in [-0.1, -0.05) is 20.3 Å². The highest BCUT2D eigenvalue weighted by Crippen LogP contribution is 2.36. The Labute approximate surface area is 90.1 Å². The fourth-order valence-electron chi connectivity index (χ4n) is 1.96. The van der Waals surface area contributed by atoms with Crippen LogP contribution in [0.15, 0.2) is 0 Å². The molecule has 0 saturated heterocycles. The maximum atomic E-state index is 11.5. The van der Waals surface area contributed by atoms with E-state index < -0.39 is 11.1 Å². The zero-order valence-corrected chi connectivity index (χ0v) is 10.5. The van der Waals surface area contributed by atoms with Gasteiger partial charge in [-0.15, -0.1) is 0 Å². The summed E-state index contributed by atoms with van der Waals surface area (Å²) >= 11 is -1.10. The van der Waals surface area contributed by atoms with Gasteiger partial charge in [-0.3, -0.25) is 4.18 Å². The molecule has 84 valence electrons. The highest BCUT2D eigenvalue weighted by Gasteiger charge is 2.30. The highest BCUT2D eigenvalue weighted by molar-refractivity contribution is 7.80. The molecule has 14 heavy (non-hydrogen) atoms. The van der Waals surface area contributed by atoms with Gasteiger partial charge in [0.25, 0.3) is 0 Å². The van der Waals surface area contributed by atoms with E-state index >= 15 is 0 Å². The summed E-state index contributed by atoms with van der Waals surface area (Å²) in [4.78, 5) is 0. The minimum Gasteiger partial charge on any atom is -0.287 e. The molecule has 1 saturated carbocycles. The molecule has 0 amide bonds. The van der Waals surface area contributed by atoms with Crippen LogP contribution in [0.4, 0.5) is 0 Å². The van der Waals surface area contributed by atoms with Gasteiger partial charge in [0, 0.05) is 0 Å². The Morgan fingerprint density at radius 1 is 1.43 bits per heavy atom. The molecule has 0 spiro atoms. The van der Waals surface area contributed by atoms with Gasteiger partial charge in [-0.05, 0) is 38.5 Å². The first-order chi connectivity index (χ1) is 6.41. The highest BCUT2D eigenvalue weighted by atomic mass is 32.2. The molecule has 1 aliphatic carbocycles. The Bertz CT molecular complexity index is 211. The fraction of sp³-hybridized carbons (Fsp3) is 1.00. The second-order valence-electron chi connectivity index (χ2n) is 5.29. The van der Waals surface area contributed by atoms with Crippen LogP contribution in [0.2, 0.25) is 0 Å². The molecule has 0 radical (unpaired) electrons. The van der Waals surface area contributed by atoms with E-state index in [1.54, 1.807) is 0 Å². The van der Waals surface area contributed by atoms with Gasteiger partial charge in [-0.2, -0.15) is 0 Å². The quantitative estimate of drug-likeness (QED) is 0.728. The van der Waals surface area contributed by atoms with E-state index in [1.807, 2.05) is 13.8 Å². The lowest BCUT2D eigenvalue weighted by atomic mass is 9.76. The van der Waals surface area contributed by atoms with Crippen molar-refractivity contribution in [2.45, 2.75) is 64.7 Å². The van der Waals surface area contributed by atoms with Gasteiger partial charge < -0.3 is 0 Å². The zero-order chi connectivity index (χ0) is 10.8. The predicted octanol–water partition coefficient (Wildman–Crippen LogP) is 3.04. The third-order valence-corrected chi connectivity index (χ3v) is 4.01. The normalized spacial score (nSPS) is 29.1. The van der Waals surface area contributed by atoms with Crippen molar-refractivity contribution in [1.29, 1.82) is 0 Å². The van der Waals surface area contributed by atoms with Crippen LogP contribution < -0.4 is 0 Å². The molecule has 0 aromatic carbocycles. The number of hydrogen-bond acceptors (Lipinski definition) is 2. The monoisotopic (exact) mass is 218 g/mol. The second-order valence-corrected chi connectivity index (χ2v) is 6.94. The molecule has 0 aliphatic heterocycles. The van der Waals surface area contributed by atoms with Gasteiger partial charge in [-0.25, -0.2) is 4.21 Å². The minimum atomic E-state index is -1.10. The van der Waals surface area contributed by atoms with E-state index in [4.69, 9.17) is 4.18 Å². The molecular formula is C11H22O2S. The fourth-order valence-corrected chi connectivity index (χ4v) is 2.61. The molecule has 2 nitrogen and oxygen atoms in total. The smallest absolute Gasteiger partial charge is 0.158 e. The largest absolute Gasteiger partial charge is 0.287 e. The zero-order valence-electron chi connectivity index (χ0n) is 9.71. The Morgan fingerprint density at radius 2 is 2.07 bits per heavy atom. The molecule has 1 aliphatic rings. The van der Waals surface area contributed by atoms with Crippen molar-refractivity contribution in [2.24, 2.45) is 5.41 Å².